The van der Waals surface area contributed by atoms with Crippen LogP contribution in [0, 0.1) is 0 Å². The first kappa shape index (κ1) is 29.3. The van der Waals surface area contributed by atoms with Gasteiger partial charge in [0.2, 0.25) is 11.8 Å². The highest BCUT2D eigenvalue weighted by Gasteiger charge is 2.36. The molecule has 0 radical (unpaired) electrons. The summed E-state index contributed by atoms with van der Waals surface area (Å²) in [5.41, 5.74) is 1.58. The van der Waals surface area contributed by atoms with Crippen LogP contribution < -0.4 is 10.6 Å². The van der Waals surface area contributed by atoms with Gasteiger partial charge in [-0.15, -0.1) is 0 Å². The molecular weight excluding hydrogens is 502 g/mol. The van der Waals surface area contributed by atoms with Crippen LogP contribution in [-0.2, 0) is 32.1 Å². The number of hydrogen-bond acceptors (Lipinski definition) is 6. The van der Waals surface area contributed by atoms with E-state index in [-0.39, 0.29) is 50.5 Å². The number of carbonyl (C=O) groups is 5. The number of hydrogen-bond donors (Lipinski definition) is 3. The minimum Gasteiger partial charge on any atom is -0.480 e. The number of Topliss-reactive ketones (excluding diaryl/α,β-unsaturated/α-hetero) is 1. The van der Waals surface area contributed by atoms with Crippen molar-refractivity contribution < 1.29 is 33.8 Å². The zero-order chi connectivity index (χ0) is 28.6. The number of nitrogens with one attached hydrogen (secondary N) is 2. The Morgan fingerprint density at radius 1 is 0.974 bits per heavy atom. The molecule has 3 N–H and O–H groups in total. The number of nitrogens with zero attached hydrogens (tertiary/aromatic N) is 1. The van der Waals surface area contributed by atoms with Gasteiger partial charge >= 0.3 is 12.1 Å². The normalized spacial score (nSPS) is 15.5. The van der Waals surface area contributed by atoms with Crippen molar-refractivity contribution in [2.24, 2.45) is 0 Å². The summed E-state index contributed by atoms with van der Waals surface area (Å²) in [5, 5.41) is 14.7. The Hall–Kier alpha value is -4.21. The van der Waals surface area contributed by atoms with Gasteiger partial charge in [0, 0.05) is 37.9 Å². The van der Waals surface area contributed by atoms with Crippen LogP contribution in [0.1, 0.15) is 61.5 Å². The molecule has 1 aliphatic heterocycles. The van der Waals surface area contributed by atoms with E-state index < -0.39 is 35.7 Å². The number of amides is 3. The predicted octanol–water partition coefficient (Wildman–Crippen LogP) is 3.09. The van der Waals surface area contributed by atoms with Crippen LogP contribution in [0.15, 0.2) is 54.6 Å². The van der Waals surface area contributed by atoms with Gasteiger partial charge < -0.3 is 25.4 Å². The average molecular weight is 538 g/mol. The second-order valence-electron chi connectivity index (χ2n) is 10.4. The van der Waals surface area contributed by atoms with Crippen LogP contribution in [0.5, 0.6) is 0 Å². The van der Waals surface area contributed by atoms with Crippen molar-refractivity contribution in [3.8, 4) is 0 Å². The third-order valence-corrected chi connectivity index (χ3v) is 6.25. The Morgan fingerprint density at radius 2 is 1.62 bits per heavy atom. The van der Waals surface area contributed by atoms with Gasteiger partial charge in [-0.05, 0) is 38.3 Å². The number of ketones is 1. The predicted molar refractivity (Wildman–Crippen MR) is 143 cm³/mol. The monoisotopic (exact) mass is 537 g/mol. The molecule has 10 nitrogen and oxygen atoms in total. The number of carbonyl (C=O) groups excluding carboxylic acids is 4. The molecule has 39 heavy (non-hydrogen) atoms. The minimum absolute atomic E-state index is 0.0105. The first-order chi connectivity index (χ1) is 18.4. The van der Waals surface area contributed by atoms with E-state index in [0.717, 1.165) is 11.1 Å². The summed E-state index contributed by atoms with van der Waals surface area (Å²) in [7, 11) is 0. The van der Waals surface area contributed by atoms with Gasteiger partial charge in [-0.3, -0.25) is 14.4 Å². The summed E-state index contributed by atoms with van der Waals surface area (Å²) in [4.78, 5) is 64.3. The standard InChI is InChI=1S/C29H35N3O7/c1-29(2,3)39-28(38)30-16-15-22(27(36)37)31-26(35)23-17-20-11-7-8-12-21(20)18-32(23)25(34)14-13-24(33)19-9-5-4-6-10-19/h4-12,22-23H,13-18H2,1-3H3,(H,30,38)(H,31,35)(H,36,37)/t22-,23?/m0/s1. The molecule has 0 aromatic heterocycles. The maximum Gasteiger partial charge on any atom is 0.407 e. The Balaban J connectivity index is 1.67. The summed E-state index contributed by atoms with van der Waals surface area (Å²) in [5.74, 6) is -2.42. The highest BCUT2D eigenvalue weighted by atomic mass is 16.6. The highest BCUT2D eigenvalue weighted by molar-refractivity contribution is 5.98. The van der Waals surface area contributed by atoms with Crippen molar-refractivity contribution in [2.45, 2.75) is 70.7 Å². The third-order valence-electron chi connectivity index (χ3n) is 6.25. The summed E-state index contributed by atoms with van der Waals surface area (Å²) in [6, 6.07) is 13.9. The van der Waals surface area contributed by atoms with Crippen molar-refractivity contribution in [1.29, 1.82) is 0 Å². The van der Waals surface area contributed by atoms with Gasteiger partial charge in [0.05, 0.1) is 0 Å². The fourth-order valence-electron chi connectivity index (χ4n) is 4.31. The molecule has 3 amide bonds. The summed E-state index contributed by atoms with van der Waals surface area (Å²) in [6.07, 6.45) is -0.652. The topological polar surface area (TPSA) is 142 Å². The van der Waals surface area contributed by atoms with Gasteiger partial charge in [0.1, 0.15) is 17.7 Å². The van der Waals surface area contributed by atoms with Crippen molar-refractivity contribution in [3.63, 3.8) is 0 Å². The number of rotatable bonds is 10. The van der Waals surface area contributed by atoms with Crippen LogP contribution in [0.4, 0.5) is 4.79 Å². The van der Waals surface area contributed by atoms with Gasteiger partial charge in [-0.25, -0.2) is 9.59 Å². The summed E-state index contributed by atoms with van der Waals surface area (Å²) in [6.45, 7) is 5.26. The quantitative estimate of drug-likeness (QED) is 0.395. The molecule has 10 heteroatoms. The molecule has 0 aliphatic carbocycles. The van der Waals surface area contributed by atoms with Crippen LogP contribution in [-0.4, -0.2) is 63.9 Å². The molecule has 2 atom stereocenters. The minimum atomic E-state index is -1.29. The second-order valence-corrected chi connectivity index (χ2v) is 10.4. The zero-order valence-corrected chi connectivity index (χ0v) is 22.4. The maximum absolute atomic E-state index is 13.3. The van der Waals surface area contributed by atoms with E-state index in [1.54, 1.807) is 51.1 Å². The Bertz CT molecular complexity index is 1210. The second kappa shape index (κ2) is 13.0. The van der Waals surface area contributed by atoms with Gasteiger partial charge in [0.25, 0.3) is 0 Å². The lowest BCUT2D eigenvalue weighted by atomic mass is 9.92. The van der Waals surface area contributed by atoms with E-state index in [0.29, 0.717) is 5.56 Å². The fourth-order valence-corrected chi connectivity index (χ4v) is 4.31. The Morgan fingerprint density at radius 3 is 2.26 bits per heavy atom. The number of alkyl carbamates (subject to hydrolysis) is 1. The summed E-state index contributed by atoms with van der Waals surface area (Å²) >= 11 is 0. The number of carboxylic acids is 1. The van der Waals surface area contributed by atoms with Crippen LogP contribution >= 0.6 is 0 Å². The molecule has 208 valence electrons. The fraction of sp³-hybridized carbons (Fsp3) is 0.414. The summed E-state index contributed by atoms with van der Waals surface area (Å²) < 4.78 is 5.14. The molecular formula is C29H35N3O7. The smallest absolute Gasteiger partial charge is 0.407 e. The van der Waals surface area contributed by atoms with Crippen molar-refractivity contribution >= 4 is 29.7 Å². The van der Waals surface area contributed by atoms with Crippen molar-refractivity contribution in [3.05, 3.63) is 71.3 Å². The van der Waals surface area contributed by atoms with Gasteiger partial charge in [-0.2, -0.15) is 0 Å². The van der Waals surface area contributed by atoms with E-state index in [2.05, 4.69) is 10.6 Å². The van der Waals surface area contributed by atoms with E-state index in [1.807, 2.05) is 24.3 Å². The van der Waals surface area contributed by atoms with E-state index in [1.165, 1.54) is 4.90 Å². The first-order valence-corrected chi connectivity index (χ1v) is 12.9. The molecule has 2 aromatic rings. The van der Waals surface area contributed by atoms with Crippen LogP contribution in [0.3, 0.4) is 0 Å². The lowest BCUT2D eigenvalue weighted by Gasteiger charge is -2.36. The molecule has 0 saturated carbocycles. The van der Waals surface area contributed by atoms with E-state index >= 15 is 0 Å². The molecule has 0 fully saturated rings. The number of benzene rings is 2. The van der Waals surface area contributed by atoms with Crippen LogP contribution in [0.2, 0.25) is 0 Å². The Labute approximate surface area is 227 Å². The van der Waals surface area contributed by atoms with E-state index in [9.17, 15) is 29.1 Å². The SMILES string of the molecule is CC(C)(C)OC(=O)NCC[C@H](NC(=O)C1Cc2ccccc2CN1C(=O)CCC(=O)c1ccccc1)C(=O)O. The zero-order valence-electron chi connectivity index (χ0n) is 22.4. The molecule has 3 rings (SSSR count). The number of ether oxygens (including phenoxy) is 1. The highest BCUT2D eigenvalue weighted by Crippen LogP contribution is 2.25. The molecule has 2 aromatic carbocycles. The van der Waals surface area contributed by atoms with Gasteiger partial charge in [-0.1, -0.05) is 54.6 Å². The largest absolute Gasteiger partial charge is 0.480 e. The molecule has 1 unspecified atom stereocenters. The molecule has 1 aliphatic rings. The third kappa shape index (κ3) is 8.66. The van der Waals surface area contributed by atoms with Crippen LogP contribution in [0.25, 0.3) is 0 Å². The number of fused-ring (bicyclic) bond motifs is 1. The molecule has 1 heterocycles. The van der Waals surface area contributed by atoms with Crippen molar-refractivity contribution in [2.75, 3.05) is 6.54 Å². The van der Waals surface area contributed by atoms with Crippen molar-refractivity contribution in [1.82, 2.24) is 15.5 Å². The maximum atomic E-state index is 13.3. The lowest BCUT2D eigenvalue weighted by molar-refractivity contribution is -0.145. The molecule has 0 saturated heterocycles. The molecule has 0 bridgehead atoms. The van der Waals surface area contributed by atoms with E-state index in [4.69, 9.17) is 4.74 Å². The number of aliphatic carboxylic acids is 1. The number of carboxylic acid groups (broad SMARTS) is 1. The Kier molecular flexibility index (Phi) is 9.81. The lowest BCUT2D eigenvalue weighted by Crippen LogP contribution is -2.55. The first-order valence-electron chi connectivity index (χ1n) is 12.9. The van der Waals surface area contributed by atoms with Gasteiger partial charge in [0.15, 0.2) is 5.78 Å². The average Bonchev–Trinajstić information content (AvgIpc) is 2.89. The molecule has 0 spiro atoms.